The summed E-state index contributed by atoms with van der Waals surface area (Å²) >= 11 is 0. The number of anilines is 1. The van der Waals surface area contributed by atoms with Crippen molar-refractivity contribution in [1.29, 1.82) is 5.26 Å². The van der Waals surface area contributed by atoms with E-state index in [1.54, 1.807) is 52.2 Å². The van der Waals surface area contributed by atoms with Crippen LogP contribution in [0.3, 0.4) is 0 Å². The lowest BCUT2D eigenvalue weighted by molar-refractivity contribution is -0.0686. The van der Waals surface area contributed by atoms with E-state index in [0.29, 0.717) is 65.0 Å². The lowest BCUT2D eigenvalue weighted by Gasteiger charge is -2.43. The van der Waals surface area contributed by atoms with E-state index in [1.807, 2.05) is 19.1 Å². The number of piperidine rings is 1. The summed E-state index contributed by atoms with van der Waals surface area (Å²) in [6, 6.07) is 11.9. The van der Waals surface area contributed by atoms with Crippen LogP contribution in [0.15, 0.2) is 55.0 Å². The van der Waals surface area contributed by atoms with Crippen LogP contribution < -0.4 is 15.0 Å². The van der Waals surface area contributed by atoms with Crippen molar-refractivity contribution >= 4 is 23.3 Å². The number of likely N-dealkylation sites (tertiary alicyclic amines) is 1. The van der Waals surface area contributed by atoms with Crippen LogP contribution in [0.25, 0.3) is 16.6 Å². The highest BCUT2D eigenvalue weighted by molar-refractivity contribution is 5.96. The van der Waals surface area contributed by atoms with Gasteiger partial charge in [0.15, 0.2) is 5.67 Å². The average Bonchev–Trinajstić information content (AvgIpc) is 3.46. The third-order valence-electron chi connectivity index (χ3n) is 8.91. The maximum atomic E-state index is 15.4. The van der Waals surface area contributed by atoms with Crippen LogP contribution in [0.2, 0.25) is 0 Å². The maximum Gasteiger partial charge on any atom is 0.410 e. The molecular weight excluding hydrogens is 632 g/mol. The molecule has 0 aliphatic carbocycles. The average molecular weight is 672 g/mol. The van der Waals surface area contributed by atoms with Crippen molar-refractivity contribution in [2.75, 3.05) is 37.7 Å². The zero-order valence-corrected chi connectivity index (χ0v) is 28.2. The fourth-order valence-electron chi connectivity index (χ4n) is 6.14. The number of alkyl halides is 1. The van der Waals surface area contributed by atoms with Crippen molar-refractivity contribution in [3.63, 3.8) is 0 Å². The van der Waals surface area contributed by atoms with Gasteiger partial charge in [0.25, 0.3) is 5.91 Å². The van der Waals surface area contributed by atoms with Gasteiger partial charge in [-0.15, -0.1) is 0 Å². The van der Waals surface area contributed by atoms with E-state index < -0.39 is 28.7 Å². The molecule has 2 saturated heterocycles. The largest absolute Gasteiger partial charge is 0.488 e. The smallest absolute Gasteiger partial charge is 0.410 e. The Kier molecular flexibility index (Phi) is 8.69. The van der Waals surface area contributed by atoms with Gasteiger partial charge in [0, 0.05) is 41.5 Å². The van der Waals surface area contributed by atoms with E-state index >= 15 is 4.39 Å². The molecule has 0 radical (unpaired) electrons. The Morgan fingerprint density at radius 3 is 2.49 bits per heavy atom. The Balaban J connectivity index is 1.13. The highest BCUT2D eigenvalue weighted by Gasteiger charge is 2.48. The Bertz CT molecular complexity index is 1930. The number of pyridine rings is 2. The first kappa shape index (κ1) is 33.6. The fraction of sp³-hybridized carbons (Fsp3) is 0.417. The van der Waals surface area contributed by atoms with Crippen LogP contribution in [0.5, 0.6) is 5.75 Å². The number of aromatic nitrogens is 3. The molecule has 0 spiro atoms. The molecule has 2 aliphatic rings. The topological polar surface area (TPSA) is 125 Å². The Morgan fingerprint density at radius 1 is 1.10 bits per heavy atom. The van der Waals surface area contributed by atoms with Gasteiger partial charge < -0.3 is 24.6 Å². The van der Waals surface area contributed by atoms with Gasteiger partial charge in [-0.05, 0) is 83.4 Å². The van der Waals surface area contributed by atoms with E-state index in [9.17, 15) is 19.2 Å². The highest BCUT2D eigenvalue weighted by Crippen LogP contribution is 2.34. The number of benzene rings is 1. The van der Waals surface area contributed by atoms with Gasteiger partial charge in [-0.25, -0.2) is 23.1 Å². The summed E-state index contributed by atoms with van der Waals surface area (Å²) < 4.78 is 41.9. The second-order valence-electron chi connectivity index (χ2n) is 14.2. The normalized spacial score (nSPS) is 16.9. The van der Waals surface area contributed by atoms with E-state index in [0.717, 1.165) is 5.82 Å². The van der Waals surface area contributed by atoms with Crippen molar-refractivity contribution in [2.24, 2.45) is 0 Å². The zero-order chi connectivity index (χ0) is 35.1. The van der Waals surface area contributed by atoms with Gasteiger partial charge >= 0.3 is 6.09 Å². The van der Waals surface area contributed by atoms with Crippen LogP contribution in [0, 0.1) is 24.1 Å². The van der Waals surface area contributed by atoms with E-state index in [4.69, 9.17) is 14.5 Å². The number of halogens is 2. The van der Waals surface area contributed by atoms with Crippen molar-refractivity contribution in [1.82, 2.24) is 24.8 Å². The van der Waals surface area contributed by atoms with Crippen LogP contribution in [-0.2, 0) is 4.74 Å². The number of carbonyl (C=O) groups excluding carboxylic acids is 2. The highest BCUT2D eigenvalue weighted by atomic mass is 19.1. The van der Waals surface area contributed by atoms with Crippen LogP contribution in [0.1, 0.15) is 62.0 Å². The third kappa shape index (κ3) is 7.28. The van der Waals surface area contributed by atoms with Gasteiger partial charge in [0.05, 0.1) is 36.6 Å². The molecule has 1 N–H and O–H groups in total. The van der Waals surface area contributed by atoms with Gasteiger partial charge in [-0.2, -0.15) is 10.4 Å². The summed E-state index contributed by atoms with van der Waals surface area (Å²) in [6.07, 6.45) is 5.54. The summed E-state index contributed by atoms with van der Waals surface area (Å²) in [5, 5.41) is 17.2. The van der Waals surface area contributed by atoms with Gasteiger partial charge in [0.2, 0.25) is 0 Å². The lowest BCUT2D eigenvalue weighted by Crippen LogP contribution is -2.64. The zero-order valence-electron chi connectivity index (χ0n) is 28.2. The van der Waals surface area contributed by atoms with Gasteiger partial charge in [-0.3, -0.25) is 4.79 Å². The lowest BCUT2D eigenvalue weighted by atomic mass is 9.89. The van der Waals surface area contributed by atoms with Gasteiger partial charge in [0.1, 0.15) is 35.7 Å². The molecule has 4 aromatic rings. The first-order chi connectivity index (χ1) is 23.1. The number of nitrogens with one attached hydrogen (secondary N) is 1. The van der Waals surface area contributed by atoms with Crippen molar-refractivity contribution < 1.29 is 27.8 Å². The quantitative estimate of drug-likeness (QED) is 0.260. The molecular formula is C36H39F2N7O4. The molecule has 0 unspecified atom stereocenters. The maximum absolute atomic E-state index is 15.4. The first-order valence-corrected chi connectivity index (χ1v) is 16.2. The molecule has 1 aromatic carbocycles. The summed E-state index contributed by atoms with van der Waals surface area (Å²) in [6.45, 7) is 9.79. The molecule has 2 aliphatic heterocycles. The Hall–Kier alpha value is -5.25. The molecule has 11 nitrogen and oxygen atoms in total. The molecule has 2 amide bonds. The molecule has 0 bridgehead atoms. The minimum absolute atomic E-state index is 0.141. The van der Waals surface area contributed by atoms with Crippen molar-refractivity contribution in [3.8, 4) is 22.9 Å². The number of aryl methyl sites for hydroxylation is 1. The number of hydrogen-bond donors (Lipinski definition) is 1. The molecule has 2 fully saturated rings. The molecule has 0 saturated carbocycles. The standard InChI is InChI=1S/C36H39F2N7O4/c1-23-6-8-26(37)14-28(23)32(46)42-35(5)10-12-43(13-11-35)30-9-7-24(17-40-30)29-15-27(19-45-31(29)25(16-39)18-41-45)48-22-36(38)20-44(21-36)33(47)49-34(2,3)4/h6-9,14-15,17-19H,10-13,20-22H2,1-5H3,(H,42,46). The molecule has 13 heteroatoms. The summed E-state index contributed by atoms with van der Waals surface area (Å²) in [7, 11) is 0. The second-order valence-corrected chi connectivity index (χ2v) is 14.2. The third-order valence-corrected chi connectivity index (χ3v) is 8.91. The summed E-state index contributed by atoms with van der Waals surface area (Å²) in [4.78, 5) is 33.4. The number of nitrogens with zero attached hydrogens (tertiary/aromatic N) is 6. The van der Waals surface area contributed by atoms with Crippen LogP contribution in [0.4, 0.5) is 19.4 Å². The minimum Gasteiger partial charge on any atom is -0.488 e. The summed E-state index contributed by atoms with van der Waals surface area (Å²) in [5.74, 6) is 0.367. The predicted octanol–water partition coefficient (Wildman–Crippen LogP) is 5.84. The molecule has 256 valence electrons. The molecule has 0 atom stereocenters. The monoisotopic (exact) mass is 671 g/mol. The summed E-state index contributed by atoms with van der Waals surface area (Å²) in [5.41, 5.74) is 0.472. The van der Waals surface area contributed by atoms with Crippen molar-refractivity contribution in [3.05, 3.63) is 77.5 Å². The van der Waals surface area contributed by atoms with Gasteiger partial charge in [-0.1, -0.05) is 6.07 Å². The number of amides is 2. The molecule has 6 rings (SSSR count). The number of ether oxygens (including phenoxy) is 2. The van der Waals surface area contributed by atoms with Crippen LogP contribution >= 0.6 is 0 Å². The van der Waals surface area contributed by atoms with Crippen LogP contribution in [-0.4, -0.2) is 81.1 Å². The predicted molar refractivity (Wildman–Crippen MR) is 179 cm³/mol. The molecule has 3 aromatic heterocycles. The number of nitriles is 1. The Morgan fingerprint density at radius 2 is 1.84 bits per heavy atom. The van der Waals surface area contributed by atoms with E-state index in [2.05, 4.69) is 21.4 Å². The first-order valence-electron chi connectivity index (χ1n) is 16.2. The SMILES string of the molecule is Cc1ccc(F)cc1C(=O)NC1(C)CCN(c2ccc(-c3cc(OCC4(F)CN(C(=O)OC(C)(C)C)C4)cn4ncc(C#N)c34)cn2)CC1. The fourth-order valence-corrected chi connectivity index (χ4v) is 6.14. The Labute approximate surface area is 283 Å². The number of rotatable bonds is 7. The van der Waals surface area contributed by atoms with E-state index in [1.165, 1.54) is 27.7 Å². The molecule has 5 heterocycles. The van der Waals surface area contributed by atoms with E-state index in [-0.39, 0.29) is 25.6 Å². The minimum atomic E-state index is -1.73. The number of carbonyl (C=O) groups is 2. The number of hydrogen-bond acceptors (Lipinski definition) is 8. The second kappa shape index (κ2) is 12.7. The molecule has 49 heavy (non-hydrogen) atoms. The van der Waals surface area contributed by atoms with Crippen molar-refractivity contribution in [2.45, 2.75) is 64.3 Å². The number of fused-ring (bicyclic) bond motifs is 1.